The van der Waals surface area contributed by atoms with E-state index < -0.39 is 21.5 Å². The summed E-state index contributed by atoms with van der Waals surface area (Å²) >= 11 is 0. The van der Waals surface area contributed by atoms with Crippen LogP contribution in [0, 0.1) is 5.92 Å². The molecule has 2 amide bonds. The fourth-order valence-corrected chi connectivity index (χ4v) is 2.34. The Hall–Kier alpha value is -1.31. The lowest BCUT2D eigenvalue weighted by molar-refractivity contribution is -0.119. The molecule has 1 heterocycles. The number of likely N-dealkylation sites (tertiary alicyclic amines) is 1. The summed E-state index contributed by atoms with van der Waals surface area (Å²) in [7, 11) is -3.49. The number of carbonyl (C=O) groups excluding carboxylic acids is 2. The summed E-state index contributed by atoms with van der Waals surface area (Å²) in [5.41, 5.74) is -0.516. The molecule has 0 aromatic carbocycles. The smallest absolute Gasteiger partial charge is 0.410 e. The molecule has 1 fully saturated rings. The zero-order chi connectivity index (χ0) is 15.6. The zero-order valence-electron chi connectivity index (χ0n) is 12.3. The fraction of sp³-hybridized carbons (Fsp3) is 0.833. The molecular weight excluding hydrogens is 284 g/mol. The third kappa shape index (κ3) is 6.23. The van der Waals surface area contributed by atoms with E-state index in [-0.39, 0.29) is 18.4 Å². The van der Waals surface area contributed by atoms with Gasteiger partial charge in [-0.05, 0) is 33.1 Å². The minimum Gasteiger partial charge on any atom is -0.444 e. The van der Waals surface area contributed by atoms with Gasteiger partial charge in [-0.15, -0.1) is 0 Å². The highest BCUT2D eigenvalue weighted by Crippen LogP contribution is 2.23. The molecule has 1 aliphatic heterocycles. The van der Waals surface area contributed by atoms with Crippen molar-refractivity contribution in [1.82, 2.24) is 9.62 Å². The first-order valence-electron chi connectivity index (χ1n) is 6.45. The molecule has 20 heavy (non-hydrogen) atoms. The lowest BCUT2D eigenvalue weighted by atomic mass is 9.95. The van der Waals surface area contributed by atoms with Crippen LogP contribution in [-0.4, -0.2) is 50.3 Å². The van der Waals surface area contributed by atoms with Crippen molar-refractivity contribution in [2.24, 2.45) is 5.92 Å². The van der Waals surface area contributed by atoms with E-state index in [2.05, 4.69) is 0 Å². The summed E-state index contributed by atoms with van der Waals surface area (Å²) in [6.07, 6.45) is 1.29. The van der Waals surface area contributed by atoms with Gasteiger partial charge in [-0.25, -0.2) is 13.2 Å². The summed E-state index contributed by atoms with van der Waals surface area (Å²) in [5, 5.41) is 0. The van der Waals surface area contributed by atoms with Gasteiger partial charge in [0.15, 0.2) is 0 Å². The summed E-state index contributed by atoms with van der Waals surface area (Å²) < 4.78 is 28.8. The van der Waals surface area contributed by atoms with Gasteiger partial charge in [-0.1, -0.05) is 0 Å². The van der Waals surface area contributed by atoms with E-state index in [1.54, 1.807) is 25.7 Å². The summed E-state index contributed by atoms with van der Waals surface area (Å²) in [5.74, 6) is -0.295. The Morgan fingerprint density at radius 3 is 2.30 bits per heavy atom. The maximum absolute atomic E-state index is 11.7. The van der Waals surface area contributed by atoms with Crippen LogP contribution in [0.15, 0.2) is 0 Å². The summed E-state index contributed by atoms with van der Waals surface area (Å²) in [6.45, 7) is 6.50. The van der Waals surface area contributed by atoms with Crippen molar-refractivity contribution in [3.8, 4) is 0 Å². The van der Waals surface area contributed by atoms with Crippen LogP contribution in [0.2, 0.25) is 0 Å². The Kier molecular flexibility index (Phi) is 5.01. The van der Waals surface area contributed by atoms with Gasteiger partial charge >= 0.3 is 6.09 Å². The Labute approximate surface area is 119 Å². The first-order valence-corrected chi connectivity index (χ1v) is 8.34. The number of hydrogen-bond acceptors (Lipinski definition) is 5. The highest BCUT2D eigenvalue weighted by Gasteiger charge is 2.33. The Morgan fingerprint density at radius 1 is 1.30 bits per heavy atom. The van der Waals surface area contributed by atoms with E-state index in [1.807, 2.05) is 4.72 Å². The number of nitrogens with one attached hydrogen (secondary N) is 1. The van der Waals surface area contributed by atoms with Gasteiger partial charge in [0.2, 0.25) is 15.9 Å². The van der Waals surface area contributed by atoms with Crippen LogP contribution in [0.25, 0.3) is 0 Å². The molecule has 0 bridgehead atoms. The van der Waals surface area contributed by atoms with Crippen LogP contribution in [0.4, 0.5) is 4.79 Å². The molecular formula is C12H22N2O5S. The third-order valence-electron chi connectivity index (χ3n) is 2.69. The van der Waals surface area contributed by atoms with Gasteiger partial charge in [0.1, 0.15) is 5.60 Å². The highest BCUT2D eigenvalue weighted by molar-refractivity contribution is 7.89. The predicted molar refractivity (Wildman–Crippen MR) is 73.5 cm³/mol. The zero-order valence-corrected chi connectivity index (χ0v) is 13.1. The molecule has 116 valence electrons. The maximum atomic E-state index is 11.7. The second-order valence-electron chi connectivity index (χ2n) is 6.09. The molecule has 1 N–H and O–H groups in total. The number of carbonyl (C=O) groups is 2. The van der Waals surface area contributed by atoms with Crippen molar-refractivity contribution in [2.75, 3.05) is 19.3 Å². The average Bonchev–Trinajstić information content (AvgIpc) is 2.08. The molecule has 0 unspecified atom stereocenters. The van der Waals surface area contributed by atoms with E-state index in [0.717, 1.165) is 6.26 Å². The van der Waals surface area contributed by atoms with Gasteiger partial charge < -0.3 is 9.64 Å². The minimum absolute atomic E-state index is 0.139. The Morgan fingerprint density at radius 2 is 1.85 bits per heavy atom. The number of sulfonamides is 1. The monoisotopic (exact) mass is 306 g/mol. The van der Waals surface area contributed by atoms with E-state index in [4.69, 9.17) is 4.74 Å². The van der Waals surface area contributed by atoms with Crippen LogP contribution >= 0.6 is 0 Å². The van der Waals surface area contributed by atoms with Crippen molar-refractivity contribution < 1.29 is 22.7 Å². The number of hydrogen-bond donors (Lipinski definition) is 1. The molecule has 0 aromatic rings. The second kappa shape index (κ2) is 5.99. The van der Waals surface area contributed by atoms with Gasteiger partial charge in [0, 0.05) is 19.5 Å². The van der Waals surface area contributed by atoms with E-state index >= 15 is 0 Å². The summed E-state index contributed by atoms with van der Waals surface area (Å²) in [4.78, 5) is 24.5. The van der Waals surface area contributed by atoms with Crippen LogP contribution in [0.1, 0.15) is 33.6 Å². The molecule has 0 saturated carbocycles. The standard InChI is InChI=1S/C12H22N2O5S/c1-12(2,3)19-11(16)14-7-9(8-14)5-6-10(15)13-20(4,17)18/h9H,5-8H2,1-4H3,(H,13,15). The number of amides is 2. The second-order valence-corrected chi connectivity index (χ2v) is 7.84. The van der Waals surface area contributed by atoms with E-state index in [0.29, 0.717) is 19.5 Å². The molecule has 1 saturated heterocycles. The van der Waals surface area contributed by atoms with E-state index in [1.165, 1.54) is 0 Å². The quantitative estimate of drug-likeness (QED) is 0.825. The van der Waals surface area contributed by atoms with Crippen LogP contribution < -0.4 is 4.72 Å². The summed E-state index contributed by atoms with van der Waals surface area (Å²) in [6, 6.07) is 0. The SMILES string of the molecule is CC(C)(C)OC(=O)N1CC(CCC(=O)NS(C)(=O)=O)C1. The first-order chi connectivity index (χ1) is 8.96. The molecule has 7 nitrogen and oxygen atoms in total. The number of nitrogens with zero attached hydrogens (tertiary/aromatic N) is 1. The topological polar surface area (TPSA) is 92.8 Å². The van der Waals surface area contributed by atoms with Crippen LogP contribution in [0.3, 0.4) is 0 Å². The normalized spacial score (nSPS) is 16.5. The van der Waals surface area contributed by atoms with Crippen molar-refractivity contribution in [3.63, 3.8) is 0 Å². The molecule has 0 radical (unpaired) electrons. The number of ether oxygens (including phenoxy) is 1. The average molecular weight is 306 g/mol. The largest absolute Gasteiger partial charge is 0.444 e. The van der Waals surface area contributed by atoms with Gasteiger partial charge in [-0.2, -0.15) is 0 Å². The molecule has 1 rings (SSSR count). The van der Waals surface area contributed by atoms with E-state index in [9.17, 15) is 18.0 Å². The van der Waals surface area contributed by atoms with Crippen molar-refractivity contribution in [3.05, 3.63) is 0 Å². The third-order valence-corrected chi connectivity index (χ3v) is 3.29. The molecule has 1 aliphatic rings. The lowest BCUT2D eigenvalue weighted by Crippen LogP contribution is -2.51. The molecule has 0 spiro atoms. The molecule has 0 atom stereocenters. The minimum atomic E-state index is -3.49. The lowest BCUT2D eigenvalue weighted by Gasteiger charge is -2.39. The Bertz CT molecular complexity index is 475. The molecule has 0 aliphatic carbocycles. The fourth-order valence-electron chi connectivity index (χ4n) is 1.82. The molecule has 8 heteroatoms. The highest BCUT2D eigenvalue weighted by atomic mass is 32.2. The van der Waals surface area contributed by atoms with Crippen LogP contribution in [-0.2, 0) is 19.6 Å². The first kappa shape index (κ1) is 16.7. The van der Waals surface area contributed by atoms with Gasteiger partial charge in [0.05, 0.1) is 6.26 Å². The van der Waals surface area contributed by atoms with Crippen molar-refractivity contribution in [2.45, 2.75) is 39.2 Å². The van der Waals surface area contributed by atoms with Crippen molar-refractivity contribution >= 4 is 22.0 Å². The number of rotatable bonds is 4. The van der Waals surface area contributed by atoms with Crippen molar-refractivity contribution in [1.29, 1.82) is 0 Å². The van der Waals surface area contributed by atoms with Gasteiger partial charge in [0.25, 0.3) is 0 Å². The van der Waals surface area contributed by atoms with Gasteiger partial charge in [-0.3, -0.25) is 9.52 Å². The maximum Gasteiger partial charge on any atom is 0.410 e. The molecule has 0 aromatic heterocycles. The Balaban J connectivity index is 2.23. The predicted octanol–water partition coefficient (Wildman–Crippen LogP) is 0.709. The van der Waals surface area contributed by atoms with Crippen LogP contribution in [0.5, 0.6) is 0 Å².